The van der Waals surface area contributed by atoms with E-state index in [-0.39, 0.29) is 5.91 Å². The van der Waals surface area contributed by atoms with Crippen molar-refractivity contribution in [1.82, 2.24) is 20.2 Å². The Morgan fingerprint density at radius 3 is 2.92 bits per heavy atom. The maximum absolute atomic E-state index is 12.0. The van der Waals surface area contributed by atoms with Crippen molar-refractivity contribution in [3.63, 3.8) is 0 Å². The summed E-state index contributed by atoms with van der Waals surface area (Å²) < 4.78 is 2.49. The fourth-order valence-corrected chi connectivity index (χ4v) is 2.69. The van der Waals surface area contributed by atoms with Gasteiger partial charge in [-0.25, -0.2) is 5.43 Å². The zero-order valence-electron chi connectivity index (χ0n) is 13.7. The topological polar surface area (TPSA) is 98.9 Å². The predicted molar refractivity (Wildman–Crippen MR) is 101 cm³/mol. The van der Waals surface area contributed by atoms with Gasteiger partial charge in [-0.15, -0.1) is 0 Å². The minimum absolute atomic E-state index is 0.343. The summed E-state index contributed by atoms with van der Waals surface area (Å²) in [6, 6.07) is 13.4. The van der Waals surface area contributed by atoms with E-state index in [4.69, 9.17) is 5.26 Å². The molecule has 0 aliphatic rings. The van der Waals surface area contributed by atoms with Crippen LogP contribution in [0.2, 0.25) is 0 Å². The van der Waals surface area contributed by atoms with E-state index in [0.717, 1.165) is 21.3 Å². The van der Waals surface area contributed by atoms with Crippen molar-refractivity contribution in [3.05, 3.63) is 64.5 Å². The zero-order chi connectivity index (χ0) is 18.4. The minimum atomic E-state index is -0.343. The number of carbonyl (C=O) groups excluding carboxylic acids is 1. The highest BCUT2D eigenvalue weighted by atomic mass is 79.9. The number of rotatable bonds is 6. The lowest BCUT2D eigenvalue weighted by atomic mass is 10.1. The van der Waals surface area contributed by atoms with E-state index in [1.807, 2.05) is 30.3 Å². The number of halogens is 1. The van der Waals surface area contributed by atoms with E-state index in [2.05, 4.69) is 42.6 Å². The van der Waals surface area contributed by atoms with Crippen molar-refractivity contribution < 1.29 is 4.79 Å². The lowest BCUT2D eigenvalue weighted by molar-refractivity contribution is 0.0951. The van der Waals surface area contributed by atoms with E-state index < -0.39 is 0 Å². The summed E-state index contributed by atoms with van der Waals surface area (Å²) in [5.74, 6) is -0.343. The second kappa shape index (κ2) is 8.27. The van der Waals surface area contributed by atoms with E-state index in [1.54, 1.807) is 29.4 Å². The molecule has 8 heteroatoms. The molecule has 2 heterocycles. The molecule has 0 atom stereocenters. The quantitative estimate of drug-likeness (QED) is 0.481. The highest BCUT2D eigenvalue weighted by molar-refractivity contribution is 9.10. The van der Waals surface area contributed by atoms with Crippen LogP contribution >= 0.6 is 15.9 Å². The van der Waals surface area contributed by atoms with Crippen molar-refractivity contribution >= 4 is 28.1 Å². The molecule has 0 aliphatic heterocycles. The number of nitrogens with zero attached hydrogens (tertiary/aromatic N) is 4. The van der Waals surface area contributed by atoms with Gasteiger partial charge >= 0.3 is 0 Å². The van der Waals surface area contributed by atoms with Gasteiger partial charge in [0.2, 0.25) is 0 Å². The molecular weight excluding hydrogens is 396 g/mol. The van der Waals surface area contributed by atoms with Gasteiger partial charge in [-0.05, 0) is 22.0 Å². The number of nitriles is 1. The number of aryl methyl sites for hydroxylation is 1. The SMILES string of the molecule is N#CCCn1cc(/C=N\NC(=O)c2cc(Br)c[nH]2)c(-c2ccccc2)n1. The molecule has 1 amide bonds. The number of amides is 1. The number of hydrogen-bond acceptors (Lipinski definition) is 4. The highest BCUT2D eigenvalue weighted by Crippen LogP contribution is 2.20. The number of benzene rings is 1. The van der Waals surface area contributed by atoms with Gasteiger partial charge in [-0.1, -0.05) is 30.3 Å². The normalized spacial score (nSPS) is 10.8. The van der Waals surface area contributed by atoms with Crippen molar-refractivity contribution in [2.75, 3.05) is 0 Å². The second-order valence-electron chi connectivity index (χ2n) is 5.40. The minimum Gasteiger partial charge on any atom is -0.356 e. The van der Waals surface area contributed by atoms with Crippen molar-refractivity contribution in [2.24, 2.45) is 5.10 Å². The molecule has 3 aromatic rings. The van der Waals surface area contributed by atoms with Gasteiger partial charge in [0.25, 0.3) is 5.91 Å². The van der Waals surface area contributed by atoms with E-state index in [0.29, 0.717) is 18.7 Å². The molecule has 0 fully saturated rings. The highest BCUT2D eigenvalue weighted by Gasteiger charge is 2.10. The Bertz CT molecular complexity index is 967. The van der Waals surface area contributed by atoms with Crippen LogP contribution < -0.4 is 5.43 Å². The Labute approximate surface area is 158 Å². The van der Waals surface area contributed by atoms with Crippen LogP contribution in [0.25, 0.3) is 11.3 Å². The fraction of sp³-hybridized carbons (Fsp3) is 0.111. The van der Waals surface area contributed by atoms with Crippen LogP contribution in [0.1, 0.15) is 22.5 Å². The number of hydrazone groups is 1. The predicted octanol–water partition coefficient (Wildman–Crippen LogP) is 3.32. The van der Waals surface area contributed by atoms with Gasteiger partial charge < -0.3 is 4.98 Å². The third-order valence-electron chi connectivity index (χ3n) is 3.55. The molecule has 2 N–H and O–H groups in total. The van der Waals surface area contributed by atoms with Gasteiger partial charge in [0, 0.05) is 28.0 Å². The van der Waals surface area contributed by atoms with Crippen LogP contribution in [-0.4, -0.2) is 26.9 Å². The molecule has 26 heavy (non-hydrogen) atoms. The number of hydrogen-bond donors (Lipinski definition) is 2. The number of carbonyl (C=O) groups is 1. The molecule has 0 bridgehead atoms. The molecule has 0 spiro atoms. The Balaban J connectivity index is 1.80. The number of H-pyrrole nitrogens is 1. The fourth-order valence-electron chi connectivity index (χ4n) is 2.35. The maximum Gasteiger partial charge on any atom is 0.287 e. The standard InChI is InChI=1S/C18H15BrN6O/c19-15-9-16(21-11-15)18(26)23-22-10-14-12-25(8-4-7-20)24-17(14)13-5-2-1-3-6-13/h1-3,5-6,9-12,21H,4,8H2,(H,23,26)/b22-10-. The summed E-state index contributed by atoms with van der Waals surface area (Å²) in [6.45, 7) is 0.493. The van der Waals surface area contributed by atoms with Gasteiger partial charge in [0.15, 0.2) is 0 Å². The van der Waals surface area contributed by atoms with Crippen LogP contribution in [0.3, 0.4) is 0 Å². The number of nitrogens with one attached hydrogen (secondary N) is 2. The summed E-state index contributed by atoms with van der Waals surface area (Å²) in [6.07, 6.45) is 5.39. The van der Waals surface area contributed by atoms with Gasteiger partial charge in [0.05, 0.1) is 25.2 Å². The Morgan fingerprint density at radius 1 is 1.42 bits per heavy atom. The number of aromatic nitrogens is 3. The monoisotopic (exact) mass is 410 g/mol. The number of aromatic amines is 1. The molecule has 3 rings (SSSR count). The van der Waals surface area contributed by atoms with E-state index >= 15 is 0 Å². The van der Waals surface area contributed by atoms with Crippen LogP contribution in [0.5, 0.6) is 0 Å². The van der Waals surface area contributed by atoms with Crippen LogP contribution in [0.4, 0.5) is 0 Å². The first-order valence-electron chi connectivity index (χ1n) is 7.84. The molecule has 1 aromatic carbocycles. The Kier molecular flexibility index (Phi) is 5.61. The summed E-state index contributed by atoms with van der Waals surface area (Å²) >= 11 is 3.28. The van der Waals surface area contributed by atoms with Crippen molar-refractivity contribution in [3.8, 4) is 17.3 Å². The third kappa shape index (κ3) is 4.26. The first-order chi connectivity index (χ1) is 12.7. The Morgan fingerprint density at radius 2 is 2.23 bits per heavy atom. The third-order valence-corrected chi connectivity index (χ3v) is 4.01. The molecule has 0 aliphatic carbocycles. The van der Waals surface area contributed by atoms with Gasteiger partial charge in [-0.2, -0.15) is 15.5 Å². The van der Waals surface area contributed by atoms with Crippen molar-refractivity contribution in [1.29, 1.82) is 5.26 Å². The molecule has 2 aromatic heterocycles. The summed E-state index contributed by atoms with van der Waals surface area (Å²) in [5.41, 5.74) is 5.31. The maximum atomic E-state index is 12.0. The van der Waals surface area contributed by atoms with Crippen molar-refractivity contribution in [2.45, 2.75) is 13.0 Å². The molecule has 0 radical (unpaired) electrons. The average molecular weight is 411 g/mol. The first-order valence-corrected chi connectivity index (χ1v) is 8.64. The largest absolute Gasteiger partial charge is 0.356 e. The van der Waals surface area contributed by atoms with Crippen LogP contribution in [0, 0.1) is 11.3 Å². The van der Waals surface area contributed by atoms with E-state index in [1.165, 1.54) is 0 Å². The second-order valence-corrected chi connectivity index (χ2v) is 6.32. The lowest BCUT2D eigenvalue weighted by Gasteiger charge is -1.99. The first kappa shape index (κ1) is 17.6. The molecule has 0 saturated carbocycles. The zero-order valence-corrected chi connectivity index (χ0v) is 15.3. The summed E-state index contributed by atoms with van der Waals surface area (Å²) in [4.78, 5) is 14.9. The molecule has 7 nitrogen and oxygen atoms in total. The molecule has 130 valence electrons. The summed E-state index contributed by atoms with van der Waals surface area (Å²) in [5, 5.41) is 17.3. The Hall–Kier alpha value is -3.18. The smallest absolute Gasteiger partial charge is 0.287 e. The van der Waals surface area contributed by atoms with Gasteiger partial charge in [-0.3, -0.25) is 9.48 Å². The van der Waals surface area contributed by atoms with Crippen LogP contribution in [-0.2, 0) is 6.54 Å². The van der Waals surface area contributed by atoms with Crippen LogP contribution in [0.15, 0.2) is 58.4 Å². The molecular formula is C18H15BrN6O. The molecule has 0 unspecified atom stereocenters. The average Bonchev–Trinajstić information content (AvgIpc) is 3.27. The van der Waals surface area contributed by atoms with Gasteiger partial charge in [0.1, 0.15) is 11.4 Å². The lowest BCUT2D eigenvalue weighted by Crippen LogP contribution is -2.17. The molecule has 0 saturated heterocycles. The van der Waals surface area contributed by atoms with E-state index in [9.17, 15) is 4.79 Å². The summed E-state index contributed by atoms with van der Waals surface area (Å²) in [7, 11) is 0.